The first kappa shape index (κ1) is 7.74. The molecular formula is C5H4ClN2O3+. The van der Waals surface area contributed by atoms with E-state index in [1.165, 1.54) is 0 Å². The van der Waals surface area contributed by atoms with Gasteiger partial charge < -0.3 is 5.11 Å². The fourth-order valence-corrected chi connectivity index (χ4v) is 0.773. The molecule has 0 atom stereocenters. The van der Waals surface area contributed by atoms with Crippen molar-refractivity contribution in [2.45, 2.75) is 0 Å². The van der Waals surface area contributed by atoms with Gasteiger partial charge in [-0.2, -0.15) is 0 Å². The van der Waals surface area contributed by atoms with Crippen molar-refractivity contribution in [3.63, 3.8) is 0 Å². The van der Waals surface area contributed by atoms with Gasteiger partial charge in [0.15, 0.2) is 0 Å². The van der Waals surface area contributed by atoms with Gasteiger partial charge in [0.25, 0.3) is 4.92 Å². The van der Waals surface area contributed by atoms with E-state index < -0.39 is 4.92 Å². The number of aromatic nitrogens is 1. The second-order valence-corrected chi connectivity index (χ2v) is 2.17. The molecule has 6 heteroatoms. The molecule has 2 N–H and O–H groups in total. The molecule has 1 aromatic heterocycles. The molecule has 0 unspecified atom stereocenters. The van der Waals surface area contributed by atoms with Crippen LogP contribution in [0.4, 0.5) is 5.69 Å². The SMILES string of the molecule is O=[N+](O)c1cnc(O)cc1Cl. The van der Waals surface area contributed by atoms with Gasteiger partial charge in [-0.25, -0.2) is 10.2 Å². The molecule has 11 heavy (non-hydrogen) atoms. The molecule has 1 rings (SSSR count). The van der Waals surface area contributed by atoms with Crippen LogP contribution in [0.25, 0.3) is 0 Å². The lowest BCUT2D eigenvalue weighted by Gasteiger charge is -1.89. The lowest BCUT2D eigenvalue weighted by Crippen LogP contribution is -1.93. The van der Waals surface area contributed by atoms with Gasteiger partial charge in [0.1, 0.15) is 11.2 Å². The first-order valence-corrected chi connectivity index (χ1v) is 2.99. The Kier molecular flexibility index (Phi) is 1.91. The molecular weight excluding hydrogens is 172 g/mol. The Labute approximate surface area is 66.4 Å². The lowest BCUT2D eigenvalue weighted by atomic mass is 10.4. The van der Waals surface area contributed by atoms with Crippen LogP contribution in [0.2, 0.25) is 5.02 Å². The normalized spacial score (nSPS) is 9.55. The maximum absolute atomic E-state index is 10.2. The Morgan fingerprint density at radius 3 is 2.73 bits per heavy atom. The predicted octanol–water partition coefficient (Wildman–Crippen LogP) is 1.24. The summed E-state index contributed by atoms with van der Waals surface area (Å²) < 4.78 is 0. The highest BCUT2D eigenvalue weighted by Gasteiger charge is 2.17. The summed E-state index contributed by atoms with van der Waals surface area (Å²) in [5.74, 6) is -0.305. The zero-order valence-electron chi connectivity index (χ0n) is 5.23. The first-order valence-electron chi connectivity index (χ1n) is 2.62. The second kappa shape index (κ2) is 2.71. The van der Waals surface area contributed by atoms with E-state index in [4.69, 9.17) is 21.9 Å². The van der Waals surface area contributed by atoms with E-state index >= 15 is 0 Å². The van der Waals surface area contributed by atoms with Crippen molar-refractivity contribution >= 4 is 17.3 Å². The van der Waals surface area contributed by atoms with Crippen molar-refractivity contribution in [2.24, 2.45) is 0 Å². The molecule has 0 saturated carbocycles. The van der Waals surface area contributed by atoms with Crippen LogP contribution in [0, 0.1) is 4.91 Å². The van der Waals surface area contributed by atoms with Gasteiger partial charge in [-0.15, -0.1) is 0 Å². The Morgan fingerprint density at radius 2 is 2.27 bits per heavy atom. The van der Waals surface area contributed by atoms with Gasteiger partial charge in [0, 0.05) is 6.07 Å². The third-order valence-corrected chi connectivity index (χ3v) is 1.33. The largest absolute Gasteiger partial charge is 0.493 e. The van der Waals surface area contributed by atoms with Gasteiger partial charge in [-0.1, -0.05) is 11.6 Å². The molecule has 0 amide bonds. The Morgan fingerprint density at radius 1 is 1.64 bits per heavy atom. The summed E-state index contributed by atoms with van der Waals surface area (Å²) in [5, 5.41) is 17.0. The number of hydrogen-bond acceptors (Lipinski definition) is 3. The highest BCUT2D eigenvalue weighted by atomic mass is 35.5. The predicted molar refractivity (Wildman–Crippen MR) is 36.0 cm³/mol. The van der Waals surface area contributed by atoms with Crippen LogP contribution in [0.3, 0.4) is 0 Å². The van der Waals surface area contributed by atoms with Crippen molar-refractivity contribution < 1.29 is 15.2 Å². The Hall–Kier alpha value is -1.36. The topological polar surface area (TPSA) is 73.4 Å². The average Bonchev–Trinajstić information content (AvgIpc) is 1.85. The maximum Gasteiger partial charge on any atom is 0.353 e. The van der Waals surface area contributed by atoms with Crippen molar-refractivity contribution in [1.29, 1.82) is 0 Å². The van der Waals surface area contributed by atoms with Gasteiger partial charge in [-0.05, 0) is 0 Å². The number of rotatable bonds is 1. The number of aromatic hydroxyl groups is 1. The van der Waals surface area contributed by atoms with Gasteiger partial charge >= 0.3 is 5.69 Å². The van der Waals surface area contributed by atoms with Crippen LogP contribution < -0.4 is 0 Å². The van der Waals surface area contributed by atoms with Crippen LogP contribution in [0.1, 0.15) is 0 Å². The standard InChI is InChI=1S/C5H3ClN2O3/c6-3-1-5(9)7-2-4(3)8(10)11/h1-2H,(H-,7,9,10,11)/p+1. The van der Waals surface area contributed by atoms with E-state index in [-0.39, 0.29) is 16.6 Å². The van der Waals surface area contributed by atoms with Gasteiger partial charge in [0.2, 0.25) is 5.88 Å². The van der Waals surface area contributed by atoms with Crippen LogP contribution in [0.15, 0.2) is 12.3 Å². The van der Waals surface area contributed by atoms with Gasteiger partial charge in [-0.3, -0.25) is 0 Å². The summed E-state index contributed by atoms with van der Waals surface area (Å²) >= 11 is 5.42. The third-order valence-electron chi connectivity index (χ3n) is 1.03. The van der Waals surface area contributed by atoms with Crippen molar-refractivity contribution in [3.05, 3.63) is 22.2 Å². The summed E-state index contributed by atoms with van der Waals surface area (Å²) in [6, 6.07) is 1.05. The molecule has 0 bridgehead atoms. The summed E-state index contributed by atoms with van der Waals surface area (Å²) in [5.41, 5.74) is -0.204. The summed E-state index contributed by atoms with van der Waals surface area (Å²) in [6.07, 6.45) is 0.963. The third kappa shape index (κ3) is 1.56. The molecule has 0 saturated heterocycles. The molecule has 0 aliphatic rings. The number of halogens is 1. The average molecular weight is 176 g/mol. The zero-order valence-corrected chi connectivity index (χ0v) is 5.99. The van der Waals surface area contributed by atoms with Crippen molar-refractivity contribution in [2.75, 3.05) is 0 Å². The van der Waals surface area contributed by atoms with Crippen molar-refractivity contribution in [1.82, 2.24) is 4.98 Å². The Bertz CT molecular complexity index is 302. The zero-order chi connectivity index (χ0) is 8.43. The molecule has 1 aromatic rings. The summed E-state index contributed by atoms with van der Waals surface area (Å²) in [6.45, 7) is 0. The molecule has 0 spiro atoms. The highest BCUT2D eigenvalue weighted by Crippen LogP contribution is 2.24. The van der Waals surface area contributed by atoms with E-state index in [0.29, 0.717) is 0 Å². The molecule has 0 radical (unpaired) electrons. The summed E-state index contributed by atoms with van der Waals surface area (Å²) in [4.78, 5) is 13.2. The monoisotopic (exact) mass is 175 g/mol. The fraction of sp³-hybridized carbons (Fsp3) is 0. The fourth-order valence-electron chi connectivity index (χ4n) is 0.554. The quantitative estimate of drug-likeness (QED) is 0.630. The maximum atomic E-state index is 10.2. The molecule has 0 fully saturated rings. The Balaban J connectivity index is 3.20. The highest BCUT2D eigenvalue weighted by molar-refractivity contribution is 6.32. The number of pyridine rings is 1. The summed E-state index contributed by atoms with van der Waals surface area (Å²) in [7, 11) is 0. The van der Waals surface area contributed by atoms with Crippen LogP contribution in [-0.2, 0) is 0 Å². The molecule has 0 aliphatic heterocycles. The van der Waals surface area contributed by atoms with E-state index in [1.807, 2.05) is 0 Å². The van der Waals surface area contributed by atoms with E-state index in [9.17, 15) is 4.91 Å². The second-order valence-electron chi connectivity index (χ2n) is 1.77. The lowest BCUT2D eigenvalue weighted by molar-refractivity contribution is -0.729. The van der Waals surface area contributed by atoms with E-state index in [0.717, 1.165) is 12.3 Å². The first-order chi connectivity index (χ1) is 5.11. The van der Waals surface area contributed by atoms with E-state index in [1.54, 1.807) is 0 Å². The minimum absolute atomic E-state index is 0.0602. The minimum atomic E-state index is -0.422. The van der Waals surface area contributed by atoms with Crippen LogP contribution >= 0.6 is 11.6 Å². The molecule has 1 heterocycles. The van der Waals surface area contributed by atoms with Crippen LogP contribution in [0.5, 0.6) is 5.88 Å². The molecule has 58 valence electrons. The molecule has 0 aliphatic carbocycles. The van der Waals surface area contributed by atoms with Crippen molar-refractivity contribution in [3.8, 4) is 5.88 Å². The smallest absolute Gasteiger partial charge is 0.353 e. The minimum Gasteiger partial charge on any atom is -0.493 e. The van der Waals surface area contributed by atoms with E-state index in [2.05, 4.69) is 4.98 Å². The molecule has 0 aromatic carbocycles. The van der Waals surface area contributed by atoms with Gasteiger partial charge in [0.05, 0.1) is 4.91 Å². The number of nitrogens with zero attached hydrogens (tertiary/aromatic N) is 2. The van der Waals surface area contributed by atoms with Crippen LogP contribution in [-0.4, -0.2) is 20.2 Å². The molecule has 5 nitrogen and oxygen atoms in total. The number of hydrogen-bond donors (Lipinski definition) is 2.